The predicted molar refractivity (Wildman–Crippen MR) is 93.0 cm³/mol. The van der Waals surface area contributed by atoms with Gasteiger partial charge in [0.25, 0.3) is 0 Å². The van der Waals surface area contributed by atoms with E-state index in [9.17, 15) is 4.79 Å². The van der Waals surface area contributed by atoms with Crippen molar-refractivity contribution in [1.82, 2.24) is 4.90 Å². The summed E-state index contributed by atoms with van der Waals surface area (Å²) >= 11 is 0. The van der Waals surface area contributed by atoms with Crippen molar-refractivity contribution in [3.05, 3.63) is 18.2 Å². The fourth-order valence-corrected chi connectivity index (χ4v) is 3.33. The van der Waals surface area contributed by atoms with E-state index in [1.165, 1.54) is 0 Å². The maximum Gasteiger partial charge on any atom is 0.238 e. The minimum atomic E-state index is -0.0560. The van der Waals surface area contributed by atoms with E-state index < -0.39 is 0 Å². The Morgan fingerprint density at radius 3 is 2.56 bits per heavy atom. The minimum absolute atomic E-state index is 0.0460. The molecular formula is C18H26N2O5. The van der Waals surface area contributed by atoms with E-state index in [0.717, 1.165) is 25.9 Å². The van der Waals surface area contributed by atoms with E-state index in [0.29, 0.717) is 42.9 Å². The Morgan fingerprint density at radius 2 is 1.92 bits per heavy atom. The van der Waals surface area contributed by atoms with E-state index >= 15 is 0 Å². The number of methoxy groups -OCH3 is 2. The van der Waals surface area contributed by atoms with E-state index in [1.807, 2.05) is 0 Å². The molecule has 2 aliphatic rings. The molecule has 2 heterocycles. The Kier molecular flexibility index (Phi) is 6.12. The lowest BCUT2D eigenvalue weighted by atomic mass is 9.96. The number of carbonyl (C=O) groups excluding carboxylic acids is 1. The number of nitrogens with one attached hydrogen (secondary N) is 1. The lowest BCUT2D eigenvalue weighted by molar-refractivity contribution is -0.119. The standard InChI is InChI=1S/C18H26N2O5/c1-22-14-3-4-15(16(11-14)23-2)19-17(21)12-20-7-5-13(6-8-20)18-24-9-10-25-18/h3-4,11,13,18H,5-10,12H2,1-2H3,(H,19,21). The van der Waals surface area contributed by atoms with Gasteiger partial charge in [-0.2, -0.15) is 0 Å². The van der Waals surface area contributed by atoms with Crippen LogP contribution in [0.2, 0.25) is 0 Å². The Bertz CT molecular complexity index is 581. The molecule has 1 aromatic carbocycles. The fraction of sp³-hybridized carbons (Fsp3) is 0.611. The van der Waals surface area contributed by atoms with Gasteiger partial charge in [0, 0.05) is 12.0 Å². The summed E-state index contributed by atoms with van der Waals surface area (Å²) in [5.41, 5.74) is 0.649. The summed E-state index contributed by atoms with van der Waals surface area (Å²) in [6.45, 7) is 3.50. The van der Waals surface area contributed by atoms with E-state index in [2.05, 4.69) is 10.2 Å². The Balaban J connectivity index is 1.48. The number of benzene rings is 1. The zero-order chi connectivity index (χ0) is 17.6. The second kappa shape index (κ2) is 8.51. The topological polar surface area (TPSA) is 69.3 Å². The SMILES string of the molecule is COc1ccc(NC(=O)CN2CCC(C3OCCO3)CC2)c(OC)c1. The second-order valence-electron chi connectivity index (χ2n) is 6.34. The van der Waals surface area contributed by atoms with Crippen LogP contribution in [0.25, 0.3) is 0 Å². The molecule has 0 aromatic heterocycles. The summed E-state index contributed by atoms with van der Waals surface area (Å²) in [7, 11) is 3.17. The van der Waals surface area contributed by atoms with Crippen molar-refractivity contribution in [1.29, 1.82) is 0 Å². The number of hydrogen-bond donors (Lipinski definition) is 1. The first-order valence-electron chi connectivity index (χ1n) is 8.67. The molecule has 2 fully saturated rings. The molecule has 1 N–H and O–H groups in total. The van der Waals surface area contributed by atoms with Gasteiger partial charge in [-0.15, -0.1) is 0 Å². The van der Waals surface area contributed by atoms with Crippen LogP contribution in [-0.2, 0) is 14.3 Å². The largest absolute Gasteiger partial charge is 0.497 e. The molecule has 0 bridgehead atoms. The van der Waals surface area contributed by atoms with Crippen LogP contribution >= 0.6 is 0 Å². The number of hydrogen-bond acceptors (Lipinski definition) is 6. The highest BCUT2D eigenvalue weighted by atomic mass is 16.7. The van der Waals surface area contributed by atoms with E-state index in [1.54, 1.807) is 32.4 Å². The summed E-state index contributed by atoms with van der Waals surface area (Å²) in [6, 6.07) is 5.34. The minimum Gasteiger partial charge on any atom is -0.497 e. The molecule has 0 unspecified atom stereocenters. The smallest absolute Gasteiger partial charge is 0.238 e. The predicted octanol–water partition coefficient (Wildman–Crippen LogP) is 1.73. The summed E-state index contributed by atoms with van der Waals surface area (Å²) in [6.07, 6.45) is 1.92. The third-order valence-corrected chi connectivity index (χ3v) is 4.71. The monoisotopic (exact) mass is 350 g/mol. The second-order valence-corrected chi connectivity index (χ2v) is 6.34. The molecule has 25 heavy (non-hydrogen) atoms. The molecule has 2 saturated heterocycles. The van der Waals surface area contributed by atoms with Gasteiger partial charge in [0.2, 0.25) is 5.91 Å². The molecule has 138 valence electrons. The van der Waals surface area contributed by atoms with Gasteiger partial charge in [-0.1, -0.05) is 0 Å². The van der Waals surface area contributed by atoms with Gasteiger partial charge in [-0.3, -0.25) is 9.69 Å². The van der Waals surface area contributed by atoms with Gasteiger partial charge < -0.3 is 24.3 Å². The van der Waals surface area contributed by atoms with Gasteiger partial charge in [0.05, 0.1) is 39.7 Å². The number of carbonyl (C=O) groups is 1. The summed E-state index contributed by atoms with van der Waals surface area (Å²) < 4.78 is 21.7. The van der Waals surface area contributed by atoms with Crippen molar-refractivity contribution in [2.45, 2.75) is 19.1 Å². The van der Waals surface area contributed by atoms with Gasteiger partial charge in [0.15, 0.2) is 6.29 Å². The highest BCUT2D eigenvalue weighted by molar-refractivity contribution is 5.93. The van der Waals surface area contributed by atoms with Crippen molar-refractivity contribution in [2.24, 2.45) is 5.92 Å². The Morgan fingerprint density at radius 1 is 1.20 bits per heavy atom. The van der Waals surface area contributed by atoms with Crippen molar-refractivity contribution in [3.8, 4) is 11.5 Å². The molecule has 7 nitrogen and oxygen atoms in total. The molecule has 0 atom stereocenters. The summed E-state index contributed by atoms with van der Waals surface area (Å²) in [4.78, 5) is 14.5. The molecule has 2 aliphatic heterocycles. The lowest BCUT2D eigenvalue weighted by Gasteiger charge is -2.33. The highest BCUT2D eigenvalue weighted by Gasteiger charge is 2.30. The van der Waals surface area contributed by atoms with E-state index in [4.69, 9.17) is 18.9 Å². The number of anilines is 1. The fourth-order valence-electron chi connectivity index (χ4n) is 3.33. The van der Waals surface area contributed by atoms with Crippen LogP contribution in [0, 0.1) is 5.92 Å². The first kappa shape index (κ1) is 18.0. The van der Waals surface area contributed by atoms with Crippen molar-refractivity contribution < 1.29 is 23.7 Å². The average Bonchev–Trinajstić information content (AvgIpc) is 3.17. The van der Waals surface area contributed by atoms with Crippen molar-refractivity contribution >= 4 is 11.6 Å². The zero-order valence-electron chi connectivity index (χ0n) is 14.8. The van der Waals surface area contributed by atoms with Gasteiger partial charge >= 0.3 is 0 Å². The summed E-state index contributed by atoms with van der Waals surface area (Å²) in [5, 5.41) is 2.92. The number of ether oxygens (including phenoxy) is 4. The van der Waals surface area contributed by atoms with Crippen LogP contribution in [0.1, 0.15) is 12.8 Å². The van der Waals surface area contributed by atoms with Crippen LogP contribution in [0.3, 0.4) is 0 Å². The van der Waals surface area contributed by atoms with Crippen LogP contribution in [0.4, 0.5) is 5.69 Å². The molecule has 7 heteroatoms. The maximum absolute atomic E-state index is 12.4. The van der Waals surface area contributed by atoms with Crippen LogP contribution < -0.4 is 14.8 Å². The zero-order valence-corrected chi connectivity index (χ0v) is 14.8. The molecule has 1 amide bonds. The number of rotatable bonds is 6. The summed E-state index contributed by atoms with van der Waals surface area (Å²) in [5.74, 6) is 1.66. The van der Waals surface area contributed by atoms with Crippen LogP contribution in [0.5, 0.6) is 11.5 Å². The molecule has 1 aromatic rings. The first-order valence-corrected chi connectivity index (χ1v) is 8.67. The lowest BCUT2D eigenvalue weighted by Crippen LogP contribution is -2.41. The molecule has 3 rings (SSSR count). The molecule has 0 saturated carbocycles. The average molecular weight is 350 g/mol. The quantitative estimate of drug-likeness (QED) is 0.843. The van der Waals surface area contributed by atoms with Gasteiger partial charge in [-0.05, 0) is 38.1 Å². The van der Waals surface area contributed by atoms with Gasteiger partial charge in [0.1, 0.15) is 11.5 Å². The molecule has 0 radical (unpaired) electrons. The van der Waals surface area contributed by atoms with Crippen LogP contribution in [-0.4, -0.2) is 64.2 Å². The highest BCUT2D eigenvalue weighted by Crippen LogP contribution is 2.29. The molecular weight excluding hydrogens is 324 g/mol. The number of nitrogens with zero attached hydrogens (tertiary/aromatic N) is 1. The van der Waals surface area contributed by atoms with Crippen LogP contribution in [0.15, 0.2) is 18.2 Å². The number of piperidine rings is 1. The Hall–Kier alpha value is -1.83. The first-order chi connectivity index (χ1) is 12.2. The number of amides is 1. The van der Waals surface area contributed by atoms with Gasteiger partial charge in [-0.25, -0.2) is 0 Å². The third kappa shape index (κ3) is 4.62. The van der Waals surface area contributed by atoms with E-state index in [-0.39, 0.29) is 12.2 Å². The maximum atomic E-state index is 12.4. The third-order valence-electron chi connectivity index (χ3n) is 4.71. The van der Waals surface area contributed by atoms with Crippen molar-refractivity contribution in [2.75, 3.05) is 52.4 Å². The van der Waals surface area contributed by atoms with Crippen molar-refractivity contribution in [3.63, 3.8) is 0 Å². The molecule has 0 aliphatic carbocycles. The molecule has 0 spiro atoms. The number of likely N-dealkylation sites (tertiary alicyclic amines) is 1. The normalized spacial score (nSPS) is 19.8. The Labute approximate surface area is 148 Å².